The highest BCUT2D eigenvalue weighted by Gasteiger charge is 2.33. The molecule has 1 fully saturated rings. The first-order valence-corrected chi connectivity index (χ1v) is 11.6. The molecule has 2 aromatic rings. The van der Waals surface area contributed by atoms with E-state index >= 15 is 0 Å². The zero-order valence-corrected chi connectivity index (χ0v) is 18.0. The van der Waals surface area contributed by atoms with Crippen LogP contribution in [-0.4, -0.2) is 44.9 Å². The van der Waals surface area contributed by atoms with Crippen LogP contribution in [-0.2, 0) is 14.8 Å². The van der Waals surface area contributed by atoms with Gasteiger partial charge in [-0.3, -0.25) is 4.79 Å². The van der Waals surface area contributed by atoms with E-state index in [2.05, 4.69) is 5.32 Å². The maximum absolute atomic E-state index is 13.1. The van der Waals surface area contributed by atoms with Crippen LogP contribution in [0.25, 0.3) is 0 Å². The van der Waals surface area contributed by atoms with Crippen LogP contribution in [0.5, 0.6) is 11.5 Å². The van der Waals surface area contributed by atoms with Gasteiger partial charge < -0.3 is 14.8 Å². The van der Waals surface area contributed by atoms with Crippen LogP contribution < -0.4 is 14.8 Å². The summed E-state index contributed by atoms with van der Waals surface area (Å²) in [7, 11) is -3.65. The van der Waals surface area contributed by atoms with Gasteiger partial charge in [0, 0.05) is 30.8 Å². The van der Waals surface area contributed by atoms with Gasteiger partial charge in [-0.1, -0.05) is 12.1 Å². The maximum Gasteiger partial charge on any atom is 0.243 e. The molecule has 0 atom stereocenters. The van der Waals surface area contributed by atoms with Crippen molar-refractivity contribution in [2.24, 2.45) is 5.92 Å². The third-order valence-electron chi connectivity index (χ3n) is 5.84. The second-order valence-electron chi connectivity index (χ2n) is 7.72. The van der Waals surface area contributed by atoms with Crippen LogP contribution >= 0.6 is 0 Å². The first kappa shape index (κ1) is 20.7. The number of benzene rings is 2. The van der Waals surface area contributed by atoms with E-state index in [-0.39, 0.29) is 16.7 Å². The summed E-state index contributed by atoms with van der Waals surface area (Å²) >= 11 is 0. The average Bonchev–Trinajstić information content (AvgIpc) is 2.76. The van der Waals surface area contributed by atoms with Crippen molar-refractivity contribution in [1.29, 1.82) is 0 Å². The zero-order valence-electron chi connectivity index (χ0n) is 17.2. The fraction of sp³-hybridized carbons (Fsp3) is 0.409. The molecule has 0 spiro atoms. The largest absolute Gasteiger partial charge is 0.486 e. The predicted octanol–water partition coefficient (Wildman–Crippen LogP) is 3.11. The molecule has 1 amide bonds. The third-order valence-corrected chi connectivity index (χ3v) is 7.73. The topological polar surface area (TPSA) is 84.9 Å². The van der Waals surface area contributed by atoms with Crippen molar-refractivity contribution in [3.63, 3.8) is 0 Å². The van der Waals surface area contributed by atoms with Crippen LogP contribution in [0, 0.1) is 19.8 Å². The van der Waals surface area contributed by atoms with Gasteiger partial charge in [-0.25, -0.2) is 8.42 Å². The number of sulfonamides is 1. The number of hydrogen-bond acceptors (Lipinski definition) is 5. The summed E-state index contributed by atoms with van der Waals surface area (Å²) in [4.78, 5) is 12.9. The molecular formula is C22H26N2O5S. The Morgan fingerprint density at radius 3 is 2.47 bits per heavy atom. The molecule has 0 aliphatic carbocycles. The lowest BCUT2D eigenvalue weighted by Gasteiger charge is -2.31. The molecule has 1 N–H and O–H groups in total. The van der Waals surface area contributed by atoms with Crippen LogP contribution in [0.1, 0.15) is 24.0 Å². The Kier molecular flexibility index (Phi) is 5.71. The summed E-state index contributed by atoms with van der Waals surface area (Å²) < 4.78 is 38.5. The number of rotatable bonds is 4. The Hall–Kier alpha value is -2.58. The number of ether oxygens (including phenoxy) is 2. The van der Waals surface area contributed by atoms with Crippen molar-refractivity contribution in [3.05, 3.63) is 47.5 Å². The Balaban J connectivity index is 1.41. The lowest BCUT2D eigenvalue weighted by atomic mass is 9.97. The summed E-state index contributed by atoms with van der Waals surface area (Å²) in [6.07, 6.45) is 0.973. The number of hydrogen-bond donors (Lipinski definition) is 1. The number of nitrogens with one attached hydrogen (secondary N) is 1. The van der Waals surface area contributed by atoms with Crippen molar-refractivity contribution < 1.29 is 22.7 Å². The SMILES string of the molecule is Cc1cccc(NC(=O)C2CCN(S(=O)(=O)c3ccc4c(c3)OCCO4)CC2)c1C. The molecule has 160 valence electrons. The van der Waals surface area contributed by atoms with Gasteiger partial charge >= 0.3 is 0 Å². The van der Waals surface area contributed by atoms with E-state index in [0.29, 0.717) is 50.6 Å². The normalized spacial score (nSPS) is 17.5. The number of piperidine rings is 1. The molecule has 30 heavy (non-hydrogen) atoms. The number of carbonyl (C=O) groups is 1. The van der Waals surface area contributed by atoms with Crippen LogP contribution in [0.3, 0.4) is 0 Å². The van der Waals surface area contributed by atoms with Crippen molar-refractivity contribution in [2.75, 3.05) is 31.6 Å². The number of anilines is 1. The maximum atomic E-state index is 13.1. The van der Waals surface area contributed by atoms with Gasteiger partial charge in [-0.2, -0.15) is 4.31 Å². The van der Waals surface area contributed by atoms with E-state index in [4.69, 9.17) is 9.47 Å². The molecule has 7 nitrogen and oxygen atoms in total. The second-order valence-corrected chi connectivity index (χ2v) is 9.66. The summed E-state index contributed by atoms with van der Waals surface area (Å²) in [5, 5.41) is 3.00. The average molecular weight is 431 g/mol. The highest BCUT2D eigenvalue weighted by molar-refractivity contribution is 7.89. The molecule has 0 radical (unpaired) electrons. The van der Waals surface area contributed by atoms with Crippen LogP contribution in [0.2, 0.25) is 0 Å². The monoisotopic (exact) mass is 430 g/mol. The smallest absolute Gasteiger partial charge is 0.243 e. The molecule has 0 bridgehead atoms. The van der Waals surface area contributed by atoms with Gasteiger partial charge in [0.1, 0.15) is 13.2 Å². The van der Waals surface area contributed by atoms with Gasteiger partial charge in [0.25, 0.3) is 0 Å². The standard InChI is InChI=1S/C22H26N2O5S/c1-15-4-3-5-19(16(15)2)23-22(25)17-8-10-24(11-9-17)30(26,27)18-6-7-20-21(14-18)29-13-12-28-20/h3-7,14,17H,8-13H2,1-2H3,(H,23,25). The van der Waals surface area contributed by atoms with Crippen molar-refractivity contribution in [2.45, 2.75) is 31.6 Å². The van der Waals surface area contributed by atoms with E-state index in [1.165, 1.54) is 10.4 Å². The number of carbonyl (C=O) groups excluding carboxylic acids is 1. The number of aryl methyl sites for hydroxylation is 1. The van der Waals surface area contributed by atoms with Gasteiger partial charge in [-0.05, 0) is 56.0 Å². The van der Waals surface area contributed by atoms with E-state index < -0.39 is 10.0 Å². The summed E-state index contributed by atoms with van der Waals surface area (Å²) in [5.74, 6) is 0.740. The quantitative estimate of drug-likeness (QED) is 0.806. The fourth-order valence-corrected chi connectivity index (χ4v) is 5.30. The molecule has 0 unspecified atom stereocenters. The van der Waals surface area contributed by atoms with Crippen LogP contribution in [0.4, 0.5) is 5.69 Å². The Morgan fingerprint density at radius 1 is 1.03 bits per heavy atom. The van der Waals surface area contributed by atoms with Gasteiger partial charge in [0.05, 0.1) is 4.90 Å². The van der Waals surface area contributed by atoms with E-state index in [1.807, 2.05) is 32.0 Å². The third kappa shape index (κ3) is 4.02. The highest BCUT2D eigenvalue weighted by Crippen LogP contribution is 2.34. The number of nitrogens with zero attached hydrogens (tertiary/aromatic N) is 1. The van der Waals surface area contributed by atoms with E-state index in [0.717, 1.165) is 16.8 Å². The Bertz CT molecular complexity index is 1060. The Labute approximate surface area is 177 Å². The molecule has 4 rings (SSSR count). The van der Waals surface area contributed by atoms with Crippen molar-refractivity contribution in [1.82, 2.24) is 4.31 Å². The summed E-state index contributed by atoms with van der Waals surface area (Å²) in [6, 6.07) is 10.5. The first-order valence-electron chi connectivity index (χ1n) is 10.1. The minimum atomic E-state index is -3.65. The number of amides is 1. The van der Waals surface area contributed by atoms with E-state index in [9.17, 15) is 13.2 Å². The van der Waals surface area contributed by atoms with Crippen molar-refractivity contribution in [3.8, 4) is 11.5 Å². The summed E-state index contributed by atoms with van der Waals surface area (Å²) in [5.41, 5.74) is 2.98. The highest BCUT2D eigenvalue weighted by atomic mass is 32.2. The molecule has 0 aromatic heterocycles. The molecule has 0 saturated carbocycles. The molecular weight excluding hydrogens is 404 g/mol. The lowest BCUT2D eigenvalue weighted by Crippen LogP contribution is -2.41. The van der Waals surface area contributed by atoms with Crippen LogP contribution in [0.15, 0.2) is 41.3 Å². The molecule has 2 aliphatic rings. The molecule has 2 heterocycles. The Morgan fingerprint density at radius 2 is 1.73 bits per heavy atom. The molecule has 8 heteroatoms. The van der Waals surface area contributed by atoms with Crippen molar-refractivity contribution >= 4 is 21.6 Å². The van der Waals surface area contributed by atoms with Gasteiger partial charge in [-0.15, -0.1) is 0 Å². The minimum absolute atomic E-state index is 0.0555. The minimum Gasteiger partial charge on any atom is -0.486 e. The summed E-state index contributed by atoms with van der Waals surface area (Å²) in [6.45, 7) is 5.46. The first-order chi connectivity index (χ1) is 14.4. The number of fused-ring (bicyclic) bond motifs is 1. The fourth-order valence-electron chi connectivity index (χ4n) is 3.81. The van der Waals surface area contributed by atoms with Gasteiger partial charge in [0.2, 0.25) is 15.9 Å². The lowest BCUT2D eigenvalue weighted by molar-refractivity contribution is -0.120. The van der Waals surface area contributed by atoms with Gasteiger partial charge in [0.15, 0.2) is 11.5 Å². The molecule has 2 aromatic carbocycles. The van der Waals surface area contributed by atoms with E-state index in [1.54, 1.807) is 12.1 Å². The molecule has 2 aliphatic heterocycles. The zero-order chi connectivity index (χ0) is 21.3. The second kappa shape index (κ2) is 8.28. The molecule has 1 saturated heterocycles. The predicted molar refractivity (Wildman–Crippen MR) is 113 cm³/mol.